The van der Waals surface area contributed by atoms with Crippen LogP contribution in [0.3, 0.4) is 0 Å². The van der Waals surface area contributed by atoms with E-state index in [-0.39, 0.29) is 25.2 Å². The van der Waals surface area contributed by atoms with Gasteiger partial charge in [0, 0.05) is 12.2 Å². The van der Waals surface area contributed by atoms with E-state index >= 15 is 0 Å². The number of likely N-dealkylation sites (N-methyl/N-ethyl adjacent to an activating group) is 1. The maximum Gasteiger partial charge on any atom is 0.268 e. The quantitative estimate of drug-likeness (QED) is 0.0408. The lowest BCUT2D eigenvalue weighted by atomic mass is 10.0. The summed E-state index contributed by atoms with van der Waals surface area (Å²) in [5.41, 5.74) is 0. The van der Waals surface area contributed by atoms with Crippen molar-refractivity contribution < 1.29 is 27.8 Å². The summed E-state index contributed by atoms with van der Waals surface area (Å²) in [4.78, 5) is 25.0. The predicted molar refractivity (Wildman–Crippen MR) is 194 cm³/mol. The molecule has 0 rings (SSSR count). The first-order valence-electron chi connectivity index (χ1n) is 18.9. The Morgan fingerprint density at radius 2 is 1.11 bits per heavy atom. The largest absolute Gasteiger partial charge is 0.756 e. The smallest absolute Gasteiger partial charge is 0.268 e. The Balaban J connectivity index is 4.24. The molecule has 1 N–H and O–H groups in total. The van der Waals surface area contributed by atoms with Crippen LogP contribution >= 0.6 is 19.6 Å². The molecule has 0 aliphatic heterocycles. The lowest BCUT2D eigenvalue weighted by Crippen LogP contribution is -2.40. The van der Waals surface area contributed by atoms with Gasteiger partial charge in [-0.2, -0.15) is 11.8 Å². The van der Waals surface area contributed by atoms with Crippen LogP contribution in [0.25, 0.3) is 0 Å². The number of rotatable bonds is 35. The average molecular weight is 679 g/mol. The number of carbonyl (C=O) groups is 1. The number of phosphoric acid groups is 1. The van der Waals surface area contributed by atoms with Gasteiger partial charge in [-0.05, 0) is 18.6 Å². The third-order valence-corrected chi connectivity index (χ3v) is 10.5. The fraction of sp³-hybridized carbons (Fsp3) is 0.972. The number of phosphoric ester groups is 1. The van der Waals surface area contributed by atoms with Crippen molar-refractivity contribution in [1.29, 1.82) is 0 Å². The molecule has 0 fully saturated rings. The van der Waals surface area contributed by atoms with E-state index in [1.165, 1.54) is 128 Å². The second-order valence-electron chi connectivity index (χ2n) is 14.1. The summed E-state index contributed by atoms with van der Waals surface area (Å²) in [6.45, 7) is 5.07. The molecule has 0 radical (unpaired) electrons. The Bertz CT molecular complexity index is 707. The van der Waals surface area contributed by atoms with Gasteiger partial charge in [-0.1, -0.05) is 149 Å². The second kappa shape index (κ2) is 31.2. The molecule has 2 atom stereocenters. The zero-order valence-corrected chi connectivity index (χ0v) is 32.1. The van der Waals surface area contributed by atoms with Crippen molar-refractivity contribution in [3.05, 3.63) is 0 Å². The molecule has 7 nitrogen and oxygen atoms in total. The monoisotopic (exact) mass is 679 g/mol. The van der Waals surface area contributed by atoms with Crippen LogP contribution in [-0.2, 0) is 18.4 Å². The summed E-state index contributed by atoms with van der Waals surface area (Å²) in [6, 6.07) is -0.350. The van der Waals surface area contributed by atoms with Gasteiger partial charge >= 0.3 is 0 Å². The van der Waals surface area contributed by atoms with Gasteiger partial charge in [-0.3, -0.25) is 9.36 Å². The van der Waals surface area contributed by atoms with Crippen molar-refractivity contribution in [1.82, 2.24) is 5.32 Å². The minimum atomic E-state index is -4.42. The molecule has 0 aromatic carbocycles. The fourth-order valence-electron chi connectivity index (χ4n) is 5.30. The molecule has 0 aliphatic rings. The number of nitrogens with zero attached hydrogens (tertiary/aromatic N) is 1. The van der Waals surface area contributed by atoms with Crippen molar-refractivity contribution in [2.45, 2.75) is 174 Å². The van der Waals surface area contributed by atoms with Crippen molar-refractivity contribution in [3.63, 3.8) is 0 Å². The van der Waals surface area contributed by atoms with Crippen molar-refractivity contribution in [2.24, 2.45) is 0 Å². The van der Waals surface area contributed by atoms with Gasteiger partial charge in [-0.15, -0.1) is 0 Å². The fourth-order valence-corrected chi connectivity index (χ4v) is 7.08. The van der Waals surface area contributed by atoms with Gasteiger partial charge in [0.05, 0.1) is 33.8 Å². The normalized spacial score (nSPS) is 14.0. The molecule has 0 saturated carbocycles. The molecule has 0 bridgehead atoms. The highest BCUT2D eigenvalue weighted by Crippen LogP contribution is 2.38. The number of nitrogens with one attached hydrogen (secondary N) is 1. The molecular formula is C36H75N2O5PS. The highest BCUT2D eigenvalue weighted by Gasteiger charge is 2.18. The van der Waals surface area contributed by atoms with Gasteiger partial charge in [0.1, 0.15) is 13.2 Å². The van der Waals surface area contributed by atoms with Crippen molar-refractivity contribution >= 4 is 25.5 Å². The van der Waals surface area contributed by atoms with Gasteiger partial charge in [-0.25, -0.2) is 0 Å². The van der Waals surface area contributed by atoms with Crippen LogP contribution in [0, 0.1) is 0 Å². The summed E-state index contributed by atoms with van der Waals surface area (Å²) < 4.78 is 23.2. The SMILES string of the molecule is CCCCCCCCCCCCCCCCSC[C@H](COP(=O)([O-])OCC[N+](C)(C)C)NC(=O)CCCCCCCCCCC. The lowest BCUT2D eigenvalue weighted by molar-refractivity contribution is -0.870. The molecule has 0 aliphatic carbocycles. The second-order valence-corrected chi connectivity index (χ2v) is 16.7. The molecule has 0 spiro atoms. The zero-order valence-electron chi connectivity index (χ0n) is 30.4. The van der Waals surface area contributed by atoms with Gasteiger partial charge in [0.2, 0.25) is 5.91 Å². The van der Waals surface area contributed by atoms with Gasteiger partial charge < -0.3 is 23.7 Å². The number of hydrogen-bond acceptors (Lipinski definition) is 6. The average Bonchev–Trinajstić information content (AvgIpc) is 2.98. The van der Waals surface area contributed by atoms with Crippen LogP contribution in [0.15, 0.2) is 0 Å². The third kappa shape index (κ3) is 35.0. The number of thioether (sulfide) groups is 1. The van der Waals surface area contributed by atoms with Crippen LogP contribution in [-0.4, -0.2) is 68.8 Å². The Labute approximate surface area is 284 Å². The molecule has 270 valence electrons. The molecule has 1 unspecified atom stereocenters. The van der Waals surface area contributed by atoms with Gasteiger partial charge in [0.15, 0.2) is 0 Å². The highest BCUT2D eigenvalue weighted by molar-refractivity contribution is 7.99. The summed E-state index contributed by atoms with van der Waals surface area (Å²) in [5.74, 6) is 1.63. The van der Waals surface area contributed by atoms with E-state index in [9.17, 15) is 14.3 Å². The summed E-state index contributed by atoms with van der Waals surface area (Å²) in [6.07, 6.45) is 30.2. The van der Waals surface area contributed by atoms with Crippen molar-refractivity contribution in [3.8, 4) is 0 Å². The molecule has 45 heavy (non-hydrogen) atoms. The first-order chi connectivity index (χ1) is 21.6. The standard InChI is InChI=1S/C36H75N2O5PS/c1-6-8-10-12-14-16-17-18-19-20-22-24-26-28-32-45-34-35(33-43-44(40,41)42-31-30-38(3,4)5)37-36(39)29-27-25-23-21-15-13-11-9-7-2/h35H,6-34H2,1-5H3,(H-,37,39,40,41)/t35-/m0/s1. The van der Waals surface area contributed by atoms with Crippen LogP contribution in [0.2, 0.25) is 0 Å². The van der Waals surface area contributed by atoms with E-state index in [0.29, 0.717) is 23.2 Å². The highest BCUT2D eigenvalue weighted by atomic mass is 32.2. The van der Waals surface area contributed by atoms with E-state index in [1.807, 2.05) is 21.1 Å². The Kier molecular flexibility index (Phi) is 31.1. The maximum absolute atomic E-state index is 12.7. The molecule has 0 aromatic rings. The van der Waals surface area contributed by atoms with E-state index in [0.717, 1.165) is 25.0 Å². The van der Waals surface area contributed by atoms with Gasteiger partial charge in [0.25, 0.3) is 7.82 Å². The van der Waals surface area contributed by atoms with E-state index in [4.69, 9.17) is 9.05 Å². The number of carbonyl (C=O) groups excluding carboxylic acids is 1. The number of amides is 1. The first kappa shape index (κ1) is 44.9. The molecule has 0 aromatic heterocycles. The molecule has 1 amide bonds. The summed E-state index contributed by atoms with van der Waals surface area (Å²) >= 11 is 1.77. The molecule has 9 heteroatoms. The molecule has 0 saturated heterocycles. The van der Waals surface area contributed by atoms with Crippen LogP contribution in [0.4, 0.5) is 0 Å². The number of unbranched alkanes of at least 4 members (excludes halogenated alkanes) is 21. The molecule has 0 heterocycles. The zero-order chi connectivity index (χ0) is 33.5. The topological polar surface area (TPSA) is 87.7 Å². The van der Waals surface area contributed by atoms with Crippen molar-refractivity contribution in [2.75, 3.05) is 52.4 Å². The Hall–Kier alpha value is -0.110. The number of quaternary nitrogens is 1. The van der Waals surface area contributed by atoms with Crippen LogP contribution in [0.5, 0.6) is 0 Å². The Morgan fingerprint density at radius 1 is 0.689 bits per heavy atom. The lowest BCUT2D eigenvalue weighted by Gasteiger charge is -2.28. The summed E-state index contributed by atoms with van der Waals surface area (Å²) in [5, 5.41) is 3.04. The Morgan fingerprint density at radius 3 is 1.56 bits per heavy atom. The molecular weight excluding hydrogens is 603 g/mol. The maximum atomic E-state index is 12.7. The minimum absolute atomic E-state index is 0.0182. The van der Waals surface area contributed by atoms with E-state index in [1.54, 1.807) is 11.8 Å². The minimum Gasteiger partial charge on any atom is -0.756 e. The predicted octanol–water partition coefficient (Wildman–Crippen LogP) is 9.81. The van der Waals surface area contributed by atoms with E-state index in [2.05, 4.69) is 19.2 Å². The van der Waals surface area contributed by atoms with E-state index < -0.39 is 7.82 Å². The third-order valence-electron chi connectivity index (χ3n) is 8.28. The van der Waals surface area contributed by atoms with Crippen LogP contribution in [0.1, 0.15) is 168 Å². The number of hydrogen-bond donors (Lipinski definition) is 1. The first-order valence-corrected chi connectivity index (χ1v) is 21.5. The summed E-state index contributed by atoms with van der Waals surface area (Å²) in [7, 11) is 1.52. The van der Waals surface area contributed by atoms with Crippen LogP contribution < -0.4 is 10.2 Å².